The molecule has 27 heavy (non-hydrogen) atoms. The number of carbonyl (C=O) groups excluding carboxylic acids is 1. The van der Waals surface area contributed by atoms with E-state index in [0.29, 0.717) is 23.5 Å². The van der Waals surface area contributed by atoms with Crippen LogP contribution in [0.5, 0.6) is 5.75 Å². The van der Waals surface area contributed by atoms with Gasteiger partial charge in [-0.05, 0) is 55.2 Å². The van der Waals surface area contributed by atoms with E-state index in [1.54, 1.807) is 42.5 Å². The van der Waals surface area contributed by atoms with Gasteiger partial charge in [0.2, 0.25) is 0 Å². The minimum atomic E-state index is -0.284. The van der Waals surface area contributed by atoms with Crippen LogP contribution in [-0.4, -0.2) is 32.7 Å². The van der Waals surface area contributed by atoms with Crippen molar-refractivity contribution in [1.82, 2.24) is 15.1 Å². The molecule has 0 aliphatic carbocycles. The summed E-state index contributed by atoms with van der Waals surface area (Å²) in [6, 6.07) is 14.8. The van der Waals surface area contributed by atoms with Crippen LogP contribution in [0.3, 0.4) is 0 Å². The van der Waals surface area contributed by atoms with Gasteiger partial charge in [-0.1, -0.05) is 24.3 Å². The molecule has 1 aliphatic heterocycles. The van der Waals surface area contributed by atoms with Crippen molar-refractivity contribution in [1.29, 1.82) is 0 Å². The number of aromatic nitrogens is 2. The van der Waals surface area contributed by atoms with E-state index in [4.69, 9.17) is 0 Å². The molecule has 6 heteroatoms. The zero-order chi connectivity index (χ0) is 18.8. The summed E-state index contributed by atoms with van der Waals surface area (Å²) in [5, 5.41) is 17.0. The van der Waals surface area contributed by atoms with Crippen molar-refractivity contribution < 1.29 is 14.3 Å². The normalized spacial score (nSPS) is 17.1. The molecule has 1 saturated heterocycles. The van der Waals surface area contributed by atoms with Gasteiger partial charge in [-0.25, -0.2) is 4.39 Å². The molecule has 5 nitrogen and oxygen atoms in total. The largest absolute Gasteiger partial charge is 0.507 e. The highest BCUT2D eigenvalue weighted by atomic mass is 19.1. The Morgan fingerprint density at radius 2 is 1.93 bits per heavy atom. The molecule has 4 rings (SSSR count). The molecule has 0 unspecified atom stereocenters. The Bertz CT molecular complexity index is 952. The predicted octanol–water partition coefficient (Wildman–Crippen LogP) is 4.29. The molecule has 2 N–H and O–H groups in total. The van der Waals surface area contributed by atoms with E-state index in [1.165, 1.54) is 12.1 Å². The third-order valence-electron chi connectivity index (χ3n) is 5.01. The molecule has 1 aromatic heterocycles. The number of halogens is 1. The number of phenolic OH excluding ortho intramolecular Hbond substituents is 1. The number of H-pyrrole nitrogens is 1. The first kappa shape index (κ1) is 17.3. The summed E-state index contributed by atoms with van der Waals surface area (Å²) in [4.78, 5) is 14.9. The number of likely N-dealkylation sites (tertiary alicyclic amines) is 1. The highest BCUT2D eigenvalue weighted by molar-refractivity contribution is 5.94. The van der Waals surface area contributed by atoms with Gasteiger partial charge in [-0.3, -0.25) is 9.89 Å². The minimum absolute atomic E-state index is 0.0799. The van der Waals surface area contributed by atoms with E-state index in [1.807, 2.05) is 4.90 Å². The Hall–Kier alpha value is -3.15. The zero-order valence-corrected chi connectivity index (χ0v) is 14.7. The van der Waals surface area contributed by atoms with Gasteiger partial charge in [0.05, 0.1) is 11.7 Å². The molecule has 0 saturated carbocycles. The molecule has 1 aliphatic rings. The van der Waals surface area contributed by atoms with Crippen molar-refractivity contribution in [2.45, 2.75) is 25.3 Å². The maximum Gasteiger partial charge on any atom is 0.272 e. The molecule has 2 aromatic carbocycles. The van der Waals surface area contributed by atoms with Gasteiger partial charge < -0.3 is 10.0 Å². The lowest BCUT2D eigenvalue weighted by atomic mass is 9.95. The van der Waals surface area contributed by atoms with Gasteiger partial charge >= 0.3 is 0 Å². The number of carbonyl (C=O) groups is 1. The average molecular weight is 365 g/mol. The summed E-state index contributed by atoms with van der Waals surface area (Å²) < 4.78 is 13.3. The first-order valence-electron chi connectivity index (χ1n) is 9.03. The van der Waals surface area contributed by atoms with E-state index in [0.717, 1.165) is 24.8 Å². The summed E-state index contributed by atoms with van der Waals surface area (Å²) in [7, 11) is 0. The summed E-state index contributed by atoms with van der Waals surface area (Å²) >= 11 is 0. The van der Waals surface area contributed by atoms with Gasteiger partial charge in [0, 0.05) is 12.1 Å². The van der Waals surface area contributed by atoms with Gasteiger partial charge in [0.25, 0.3) is 5.91 Å². The van der Waals surface area contributed by atoms with E-state index in [-0.39, 0.29) is 23.5 Å². The van der Waals surface area contributed by atoms with E-state index in [9.17, 15) is 14.3 Å². The first-order valence-corrected chi connectivity index (χ1v) is 9.03. The molecule has 1 amide bonds. The number of aromatic amines is 1. The fourth-order valence-corrected chi connectivity index (χ4v) is 3.62. The Morgan fingerprint density at radius 3 is 2.70 bits per heavy atom. The summed E-state index contributed by atoms with van der Waals surface area (Å²) in [5.41, 5.74) is 2.40. The van der Waals surface area contributed by atoms with Crippen molar-refractivity contribution in [2.24, 2.45) is 0 Å². The number of aromatic hydroxyl groups is 1. The summed E-state index contributed by atoms with van der Waals surface area (Å²) in [6.07, 6.45) is 2.81. The second-order valence-corrected chi connectivity index (χ2v) is 6.75. The molecular formula is C21H20FN3O2. The average Bonchev–Trinajstić information content (AvgIpc) is 3.18. The van der Waals surface area contributed by atoms with Crippen LogP contribution in [0, 0.1) is 5.82 Å². The third kappa shape index (κ3) is 3.43. The number of phenols is 1. The molecule has 0 spiro atoms. The van der Waals surface area contributed by atoms with Crippen molar-refractivity contribution in [3.8, 4) is 17.0 Å². The zero-order valence-electron chi connectivity index (χ0n) is 14.7. The first-order chi connectivity index (χ1) is 13.1. The van der Waals surface area contributed by atoms with Crippen LogP contribution in [0.4, 0.5) is 4.39 Å². The molecule has 1 fully saturated rings. The van der Waals surface area contributed by atoms with Crippen LogP contribution in [-0.2, 0) is 0 Å². The fourth-order valence-electron chi connectivity index (χ4n) is 3.62. The number of rotatable bonds is 3. The number of para-hydroxylation sites is 1. The quantitative estimate of drug-likeness (QED) is 0.727. The number of benzene rings is 2. The maximum atomic E-state index is 13.3. The minimum Gasteiger partial charge on any atom is -0.507 e. The van der Waals surface area contributed by atoms with Crippen LogP contribution >= 0.6 is 0 Å². The van der Waals surface area contributed by atoms with Crippen LogP contribution < -0.4 is 0 Å². The number of piperidine rings is 1. The Labute approximate surface area is 156 Å². The molecule has 3 aromatic rings. The lowest BCUT2D eigenvalue weighted by Gasteiger charge is -2.35. The Balaban J connectivity index is 1.61. The number of nitrogens with one attached hydrogen (secondary N) is 1. The van der Waals surface area contributed by atoms with Gasteiger partial charge in [0.15, 0.2) is 0 Å². The van der Waals surface area contributed by atoms with Crippen LogP contribution in [0.15, 0.2) is 54.6 Å². The number of hydrogen-bond acceptors (Lipinski definition) is 3. The second kappa shape index (κ2) is 7.23. The summed E-state index contributed by atoms with van der Waals surface area (Å²) in [5.74, 6) is -0.309. The number of hydrogen-bond donors (Lipinski definition) is 2. The fraction of sp³-hybridized carbons (Fsp3) is 0.238. The second-order valence-electron chi connectivity index (χ2n) is 6.75. The van der Waals surface area contributed by atoms with Crippen LogP contribution in [0.1, 0.15) is 41.4 Å². The highest BCUT2D eigenvalue weighted by Gasteiger charge is 2.29. The van der Waals surface area contributed by atoms with E-state index in [2.05, 4.69) is 10.2 Å². The lowest BCUT2D eigenvalue weighted by Crippen LogP contribution is -2.38. The van der Waals surface area contributed by atoms with E-state index < -0.39 is 0 Å². The third-order valence-corrected chi connectivity index (χ3v) is 5.01. The number of nitrogens with zero attached hydrogens (tertiary/aromatic N) is 2. The molecule has 1 atom stereocenters. The Morgan fingerprint density at radius 1 is 1.15 bits per heavy atom. The predicted molar refractivity (Wildman–Crippen MR) is 99.7 cm³/mol. The van der Waals surface area contributed by atoms with Crippen molar-refractivity contribution in [2.75, 3.05) is 6.54 Å². The lowest BCUT2D eigenvalue weighted by molar-refractivity contribution is 0.0605. The standard InChI is InChI=1S/C21H20FN3O2/c22-15-10-8-14(9-11-15)19-6-3-4-12-25(19)21(27)18-13-17(23-24-18)16-5-1-2-7-20(16)26/h1-2,5,7-11,13,19,26H,3-4,6,12H2,(H,23,24)/t19-/m1/s1. The molecule has 0 bridgehead atoms. The van der Waals surface area contributed by atoms with Crippen LogP contribution in [0.2, 0.25) is 0 Å². The van der Waals surface area contributed by atoms with E-state index >= 15 is 0 Å². The maximum absolute atomic E-state index is 13.3. The highest BCUT2D eigenvalue weighted by Crippen LogP contribution is 2.33. The van der Waals surface area contributed by atoms with Gasteiger partial charge in [0.1, 0.15) is 17.3 Å². The smallest absolute Gasteiger partial charge is 0.272 e. The topological polar surface area (TPSA) is 69.2 Å². The Kier molecular flexibility index (Phi) is 4.62. The molecule has 138 valence electrons. The summed E-state index contributed by atoms with van der Waals surface area (Å²) in [6.45, 7) is 0.645. The van der Waals surface area contributed by atoms with Gasteiger partial charge in [-0.15, -0.1) is 0 Å². The number of amides is 1. The van der Waals surface area contributed by atoms with Crippen molar-refractivity contribution in [3.63, 3.8) is 0 Å². The molecule has 2 heterocycles. The van der Waals surface area contributed by atoms with Gasteiger partial charge in [-0.2, -0.15) is 5.10 Å². The van der Waals surface area contributed by atoms with Crippen molar-refractivity contribution >= 4 is 5.91 Å². The van der Waals surface area contributed by atoms with Crippen molar-refractivity contribution in [3.05, 3.63) is 71.7 Å². The molecule has 0 radical (unpaired) electrons. The monoisotopic (exact) mass is 365 g/mol. The molecular weight excluding hydrogens is 345 g/mol. The van der Waals surface area contributed by atoms with Crippen LogP contribution in [0.25, 0.3) is 11.3 Å². The SMILES string of the molecule is O=C(c1cc(-c2ccccc2O)n[nH]1)N1CCCC[C@@H]1c1ccc(F)cc1.